The normalized spacial score (nSPS) is 14.3. The van der Waals surface area contributed by atoms with Gasteiger partial charge in [-0.3, -0.25) is 14.2 Å². The van der Waals surface area contributed by atoms with Crippen LogP contribution in [0.15, 0.2) is 97.2 Å². The zero-order valence-electron chi connectivity index (χ0n) is 50.6. The first kappa shape index (κ1) is 73.9. The van der Waals surface area contributed by atoms with E-state index in [1.807, 2.05) is 33.3 Å². The van der Waals surface area contributed by atoms with Crippen LogP contribution in [0.5, 0.6) is 0 Å². The lowest BCUT2D eigenvalue weighted by atomic mass is 10.0. The fourth-order valence-corrected chi connectivity index (χ4v) is 9.36. The highest BCUT2D eigenvalue weighted by atomic mass is 31.2. The van der Waals surface area contributed by atoms with Gasteiger partial charge in [-0.1, -0.05) is 240 Å². The van der Waals surface area contributed by atoms with E-state index in [2.05, 4.69) is 111 Å². The number of carbonyl (C=O) groups excluding carboxylic acids is 2. The summed E-state index contributed by atoms with van der Waals surface area (Å²) in [6.45, 7) is 6.68. The third-order valence-electron chi connectivity index (χ3n) is 13.5. The zero-order valence-corrected chi connectivity index (χ0v) is 51.5. The Morgan fingerprint density at radius 2 is 0.831 bits per heavy atom. The summed E-state index contributed by atoms with van der Waals surface area (Å²) in [6.07, 6.45) is 75.2. The molecule has 3 atom stereocenters. The Morgan fingerprint density at radius 3 is 1.27 bits per heavy atom. The van der Waals surface area contributed by atoms with Gasteiger partial charge in [-0.2, -0.15) is 0 Å². The molecule has 1 N–H and O–H groups in total. The number of allylic oxidation sites excluding steroid dienone is 15. The average Bonchev–Trinajstić information content (AvgIpc) is 3.39. The zero-order chi connectivity index (χ0) is 56.4. The van der Waals surface area contributed by atoms with Gasteiger partial charge in [0.05, 0.1) is 33.8 Å². The van der Waals surface area contributed by atoms with E-state index in [9.17, 15) is 19.0 Å². The minimum Gasteiger partial charge on any atom is -0.756 e. The van der Waals surface area contributed by atoms with Gasteiger partial charge in [-0.05, 0) is 109 Å². The molecule has 1 amide bonds. The molecular weight excluding hydrogens is 976 g/mol. The highest BCUT2D eigenvalue weighted by Gasteiger charge is 2.27. The number of nitrogens with one attached hydrogen (secondary N) is 1. The van der Waals surface area contributed by atoms with Crippen molar-refractivity contribution in [3.63, 3.8) is 0 Å². The Morgan fingerprint density at radius 1 is 0.468 bits per heavy atom. The number of esters is 1. The Balaban J connectivity index is 5.19. The molecule has 77 heavy (non-hydrogen) atoms. The molecule has 0 aromatic carbocycles. The molecule has 9 nitrogen and oxygen atoms in total. The summed E-state index contributed by atoms with van der Waals surface area (Å²) in [7, 11) is 1.16. The van der Waals surface area contributed by atoms with Crippen molar-refractivity contribution < 1.29 is 37.3 Å². The number of nitrogens with zero attached hydrogens (tertiary/aromatic N) is 1. The highest BCUT2D eigenvalue weighted by Crippen LogP contribution is 2.38. The van der Waals surface area contributed by atoms with Crippen molar-refractivity contribution in [2.24, 2.45) is 0 Å². The third kappa shape index (κ3) is 57.4. The van der Waals surface area contributed by atoms with Gasteiger partial charge in [0.2, 0.25) is 5.91 Å². The molecule has 0 spiro atoms. The lowest BCUT2D eigenvalue weighted by Gasteiger charge is -2.30. The topological polar surface area (TPSA) is 114 Å². The Kier molecular flexibility index (Phi) is 54.0. The SMILES string of the molecule is CC/C=C/C/C=C/C/C=C/CCCCCCC(=O)OC(/C=C\CCCCCCCCCCCC)C(COP(=O)([O-])OCC[N+](C)(C)C)NC(=O)CCCCCCCCCCC/C=C\C/C=C\C/C=C\C/C=C\CCCCC. The predicted molar refractivity (Wildman–Crippen MR) is 330 cm³/mol. The first-order valence-corrected chi connectivity index (χ1v) is 33.0. The number of hydrogen-bond acceptors (Lipinski definition) is 7. The summed E-state index contributed by atoms with van der Waals surface area (Å²) < 4.78 is 30.3. The molecule has 444 valence electrons. The maximum Gasteiger partial charge on any atom is 0.306 e. The summed E-state index contributed by atoms with van der Waals surface area (Å²) in [4.78, 5) is 40.0. The Labute approximate surface area is 475 Å². The van der Waals surface area contributed by atoms with Gasteiger partial charge >= 0.3 is 5.97 Å². The van der Waals surface area contributed by atoms with Gasteiger partial charge in [0.1, 0.15) is 19.3 Å². The maximum atomic E-state index is 13.5. The molecule has 0 radical (unpaired) electrons. The number of amides is 1. The Bertz CT molecular complexity index is 1640. The van der Waals surface area contributed by atoms with Crippen LogP contribution in [-0.2, 0) is 27.9 Å². The summed E-state index contributed by atoms with van der Waals surface area (Å²) in [5.74, 6) is -0.577. The number of carbonyl (C=O) groups is 2. The van der Waals surface area contributed by atoms with E-state index in [1.165, 1.54) is 109 Å². The van der Waals surface area contributed by atoms with Gasteiger partial charge in [0.15, 0.2) is 0 Å². The summed E-state index contributed by atoms with van der Waals surface area (Å²) in [6, 6.07) is -0.906. The van der Waals surface area contributed by atoms with Crippen molar-refractivity contribution in [1.29, 1.82) is 0 Å². The Hall–Kier alpha value is -3.07. The van der Waals surface area contributed by atoms with Crippen LogP contribution in [-0.4, -0.2) is 69.4 Å². The molecule has 0 fully saturated rings. The van der Waals surface area contributed by atoms with Crippen molar-refractivity contribution in [3.8, 4) is 0 Å². The predicted octanol–water partition coefficient (Wildman–Crippen LogP) is 18.9. The van der Waals surface area contributed by atoms with Gasteiger partial charge in [0.25, 0.3) is 7.82 Å². The molecule has 0 heterocycles. The van der Waals surface area contributed by atoms with Crippen LogP contribution in [0.4, 0.5) is 0 Å². The van der Waals surface area contributed by atoms with Gasteiger partial charge in [-0.25, -0.2) is 0 Å². The molecule has 0 aromatic heterocycles. The minimum atomic E-state index is -4.71. The third-order valence-corrected chi connectivity index (χ3v) is 14.5. The van der Waals surface area contributed by atoms with E-state index >= 15 is 0 Å². The molecule has 0 aliphatic rings. The van der Waals surface area contributed by atoms with Gasteiger partial charge < -0.3 is 28.5 Å². The summed E-state index contributed by atoms with van der Waals surface area (Å²) >= 11 is 0. The first-order valence-electron chi connectivity index (χ1n) is 31.5. The number of hydrogen-bond donors (Lipinski definition) is 1. The quantitative estimate of drug-likeness (QED) is 0.0212. The average molecular weight is 1100 g/mol. The van der Waals surface area contributed by atoms with E-state index in [1.54, 1.807) is 0 Å². The van der Waals surface area contributed by atoms with Crippen LogP contribution >= 0.6 is 7.82 Å². The van der Waals surface area contributed by atoms with E-state index in [0.29, 0.717) is 23.9 Å². The lowest BCUT2D eigenvalue weighted by Crippen LogP contribution is -2.47. The van der Waals surface area contributed by atoms with E-state index < -0.39 is 26.6 Å². The molecule has 10 heteroatoms. The van der Waals surface area contributed by atoms with Crippen LogP contribution in [0.3, 0.4) is 0 Å². The van der Waals surface area contributed by atoms with Crippen molar-refractivity contribution in [2.75, 3.05) is 40.9 Å². The van der Waals surface area contributed by atoms with E-state index in [0.717, 1.165) is 116 Å². The van der Waals surface area contributed by atoms with Gasteiger partial charge in [-0.15, -0.1) is 0 Å². The summed E-state index contributed by atoms with van der Waals surface area (Å²) in [5, 5.41) is 3.02. The maximum absolute atomic E-state index is 13.5. The molecular formula is C67H119N2O7P. The van der Waals surface area contributed by atoms with Crippen LogP contribution in [0.25, 0.3) is 0 Å². The number of quaternary nitrogens is 1. The second kappa shape index (κ2) is 56.2. The molecule has 0 saturated carbocycles. The second-order valence-electron chi connectivity index (χ2n) is 22.2. The fourth-order valence-electron chi connectivity index (χ4n) is 8.64. The van der Waals surface area contributed by atoms with Crippen molar-refractivity contribution in [2.45, 2.75) is 277 Å². The van der Waals surface area contributed by atoms with E-state index in [-0.39, 0.29) is 24.9 Å². The molecule has 0 saturated heterocycles. The van der Waals surface area contributed by atoms with E-state index in [4.69, 9.17) is 13.8 Å². The van der Waals surface area contributed by atoms with Crippen LogP contribution < -0.4 is 10.2 Å². The monoisotopic (exact) mass is 1090 g/mol. The molecule has 3 unspecified atom stereocenters. The number of phosphoric acid groups is 1. The smallest absolute Gasteiger partial charge is 0.306 e. The number of rotatable bonds is 56. The minimum absolute atomic E-state index is 0.0317. The number of phosphoric ester groups is 1. The number of likely N-dealkylation sites (N-methyl/N-ethyl adjacent to an activating group) is 1. The van der Waals surface area contributed by atoms with Crippen LogP contribution in [0.1, 0.15) is 265 Å². The van der Waals surface area contributed by atoms with Gasteiger partial charge in [0, 0.05) is 12.8 Å². The molecule has 0 aromatic rings. The van der Waals surface area contributed by atoms with Crippen LogP contribution in [0.2, 0.25) is 0 Å². The lowest BCUT2D eigenvalue weighted by molar-refractivity contribution is -0.870. The molecule has 0 rings (SSSR count). The number of unbranched alkanes of at least 4 members (excludes halogenated alkanes) is 26. The first-order chi connectivity index (χ1) is 37.4. The standard InChI is InChI=1S/C67H119N2O7P/c1-7-10-13-16-19-22-25-28-30-31-32-33-34-35-36-37-38-39-40-41-44-47-50-53-56-59-66(70)68-64(63-75-77(72,73)74-62-61-69(4,5)6)65(58-55-52-49-46-43-27-24-21-18-15-12-9-3)76-67(71)60-57-54-51-48-45-42-29-26-23-20-17-14-11-8-2/h11,14,19-20,22-23,28-30,32-33,35-36,42,55,58,64-65H,7-10,12-13,15-18,21,24-27,31,34,37-41,43-54,56-57,59-63H2,1-6H3,(H-,68,70,72,73)/b14-11+,22-19-,23-20+,30-28-,33-32-,36-35-,42-29+,58-55-. The number of ether oxygens (including phenoxy) is 1. The molecule has 0 bridgehead atoms. The van der Waals surface area contributed by atoms with Crippen LogP contribution in [0, 0.1) is 0 Å². The van der Waals surface area contributed by atoms with Crippen molar-refractivity contribution in [3.05, 3.63) is 97.2 Å². The molecule has 0 aliphatic carbocycles. The van der Waals surface area contributed by atoms with Crippen molar-refractivity contribution in [1.82, 2.24) is 5.32 Å². The second-order valence-corrected chi connectivity index (χ2v) is 23.6. The fraction of sp³-hybridized carbons (Fsp3) is 0.731. The van der Waals surface area contributed by atoms with Crippen molar-refractivity contribution >= 4 is 19.7 Å². The summed E-state index contributed by atoms with van der Waals surface area (Å²) in [5.41, 5.74) is 0. The molecule has 0 aliphatic heterocycles. The highest BCUT2D eigenvalue weighted by molar-refractivity contribution is 7.45. The largest absolute Gasteiger partial charge is 0.756 e.